The molecule has 2 rings (SSSR count). The normalized spacial score (nSPS) is 41.8. The van der Waals surface area contributed by atoms with E-state index in [0.29, 0.717) is 12.0 Å². The molecule has 0 spiro atoms. The summed E-state index contributed by atoms with van der Waals surface area (Å²) in [4.78, 5) is 0. The van der Waals surface area contributed by atoms with Crippen LogP contribution in [0.4, 0.5) is 0 Å². The Morgan fingerprint density at radius 2 is 2.08 bits per heavy atom. The first-order chi connectivity index (χ1) is 5.77. The lowest BCUT2D eigenvalue weighted by molar-refractivity contribution is -0.0212. The van der Waals surface area contributed by atoms with Crippen LogP contribution >= 0.6 is 0 Å². The third-order valence-corrected chi connectivity index (χ3v) is 3.35. The number of ether oxygens (including phenoxy) is 1. The molecule has 0 aromatic rings. The fourth-order valence-corrected chi connectivity index (χ4v) is 2.49. The minimum absolute atomic E-state index is 0.516. The van der Waals surface area contributed by atoms with Crippen molar-refractivity contribution in [3.8, 4) is 0 Å². The van der Waals surface area contributed by atoms with Crippen molar-refractivity contribution in [2.24, 2.45) is 11.8 Å². The minimum atomic E-state index is 0.516. The fraction of sp³-hybridized carbons (Fsp3) is 0.818. The van der Waals surface area contributed by atoms with Gasteiger partial charge in [0.05, 0.1) is 5.76 Å². The van der Waals surface area contributed by atoms with Gasteiger partial charge >= 0.3 is 0 Å². The van der Waals surface area contributed by atoms with Gasteiger partial charge in [0, 0.05) is 5.92 Å². The Kier molecular flexibility index (Phi) is 2.12. The standard InChI is InChI=1S/C11H18O/c1-8-7-10-5-3-4-6-11(10)12-9(8)2/h8,10-11H,2-7H2,1H3. The fourth-order valence-electron chi connectivity index (χ4n) is 2.49. The molecular formula is C11H18O. The predicted octanol–water partition coefficient (Wildman–Crippen LogP) is 3.12. The van der Waals surface area contributed by atoms with Crippen LogP contribution in [0, 0.1) is 11.8 Å². The van der Waals surface area contributed by atoms with Gasteiger partial charge in [-0.2, -0.15) is 0 Å². The molecule has 2 aliphatic rings. The van der Waals surface area contributed by atoms with Crippen LogP contribution in [0.2, 0.25) is 0 Å². The van der Waals surface area contributed by atoms with Crippen molar-refractivity contribution in [2.75, 3.05) is 0 Å². The van der Waals surface area contributed by atoms with E-state index in [0.717, 1.165) is 11.7 Å². The lowest BCUT2D eigenvalue weighted by atomic mass is 9.78. The molecule has 0 aromatic heterocycles. The number of hydrogen-bond donors (Lipinski definition) is 0. The monoisotopic (exact) mass is 166 g/mol. The van der Waals surface area contributed by atoms with Crippen molar-refractivity contribution < 1.29 is 4.74 Å². The molecule has 1 saturated carbocycles. The maximum atomic E-state index is 5.81. The van der Waals surface area contributed by atoms with Gasteiger partial charge in [-0.05, 0) is 31.6 Å². The summed E-state index contributed by atoms with van der Waals surface area (Å²) >= 11 is 0. The Morgan fingerprint density at radius 1 is 1.33 bits per heavy atom. The zero-order valence-corrected chi connectivity index (χ0v) is 7.88. The largest absolute Gasteiger partial charge is 0.495 e. The maximum Gasteiger partial charge on any atom is 0.101 e. The molecule has 0 amide bonds. The third kappa shape index (κ3) is 1.37. The molecule has 1 aliphatic carbocycles. The Labute approximate surface area is 74.8 Å². The summed E-state index contributed by atoms with van der Waals surface area (Å²) in [7, 11) is 0. The first-order valence-electron chi connectivity index (χ1n) is 5.13. The number of rotatable bonds is 0. The zero-order valence-electron chi connectivity index (χ0n) is 7.88. The lowest BCUT2D eigenvalue weighted by Gasteiger charge is -2.39. The van der Waals surface area contributed by atoms with Crippen LogP contribution in [0.1, 0.15) is 39.0 Å². The lowest BCUT2D eigenvalue weighted by Crippen LogP contribution is -2.34. The first kappa shape index (κ1) is 8.15. The van der Waals surface area contributed by atoms with E-state index in [2.05, 4.69) is 13.5 Å². The van der Waals surface area contributed by atoms with Crippen LogP contribution in [0.25, 0.3) is 0 Å². The molecule has 1 nitrogen and oxygen atoms in total. The van der Waals surface area contributed by atoms with E-state index >= 15 is 0 Å². The molecule has 2 fully saturated rings. The van der Waals surface area contributed by atoms with Crippen molar-refractivity contribution in [3.63, 3.8) is 0 Å². The second kappa shape index (κ2) is 3.12. The van der Waals surface area contributed by atoms with E-state index in [-0.39, 0.29) is 0 Å². The molecule has 0 bridgehead atoms. The van der Waals surface area contributed by atoms with Crippen LogP contribution in [-0.2, 0) is 4.74 Å². The van der Waals surface area contributed by atoms with Crippen LogP contribution in [0.15, 0.2) is 12.3 Å². The van der Waals surface area contributed by atoms with Crippen molar-refractivity contribution in [1.82, 2.24) is 0 Å². The van der Waals surface area contributed by atoms with Crippen LogP contribution in [0.3, 0.4) is 0 Å². The summed E-state index contributed by atoms with van der Waals surface area (Å²) in [5, 5.41) is 0. The van der Waals surface area contributed by atoms with Crippen molar-refractivity contribution in [2.45, 2.75) is 45.1 Å². The minimum Gasteiger partial charge on any atom is -0.495 e. The van der Waals surface area contributed by atoms with Gasteiger partial charge in [0.15, 0.2) is 0 Å². The summed E-state index contributed by atoms with van der Waals surface area (Å²) in [6, 6.07) is 0. The van der Waals surface area contributed by atoms with E-state index in [4.69, 9.17) is 4.74 Å². The summed E-state index contributed by atoms with van der Waals surface area (Å²) in [6.07, 6.45) is 7.22. The Morgan fingerprint density at radius 3 is 2.92 bits per heavy atom. The van der Waals surface area contributed by atoms with E-state index in [9.17, 15) is 0 Å². The quantitative estimate of drug-likeness (QED) is 0.537. The highest BCUT2D eigenvalue weighted by Crippen LogP contribution is 2.39. The molecule has 1 heteroatoms. The van der Waals surface area contributed by atoms with Crippen molar-refractivity contribution in [3.05, 3.63) is 12.3 Å². The van der Waals surface area contributed by atoms with E-state index in [1.807, 2.05) is 0 Å². The van der Waals surface area contributed by atoms with Crippen molar-refractivity contribution in [1.29, 1.82) is 0 Å². The molecule has 1 heterocycles. The maximum absolute atomic E-state index is 5.81. The SMILES string of the molecule is C=C1OC2CCCCC2CC1C. The molecule has 12 heavy (non-hydrogen) atoms. The first-order valence-corrected chi connectivity index (χ1v) is 5.13. The molecule has 3 unspecified atom stereocenters. The van der Waals surface area contributed by atoms with Gasteiger partial charge in [0.2, 0.25) is 0 Å². The second-order valence-electron chi connectivity index (χ2n) is 4.30. The summed E-state index contributed by atoms with van der Waals surface area (Å²) in [6.45, 7) is 6.19. The van der Waals surface area contributed by atoms with Gasteiger partial charge in [-0.25, -0.2) is 0 Å². The van der Waals surface area contributed by atoms with Gasteiger partial charge in [0.25, 0.3) is 0 Å². The molecule has 0 N–H and O–H groups in total. The van der Waals surface area contributed by atoms with Crippen LogP contribution < -0.4 is 0 Å². The van der Waals surface area contributed by atoms with Gasteiger partial charge < -0.3 is 4.74 Å². The molecule has 1 saturated heterocycles. The Balaban J connectivity index is 2.02. The predicted molar refractivity (Wildman–Crippen MR) is 49.8 cm³/mol. The summed E-state index contributed by atoms with van der Waals surface area (Å²) in [5.74, 6) is 2.45. The second-order valence-corrected chi connectivity index (χ2v) is 4.30. The highest BCUT2D eigenvalue weighted by Gasteiger charge is 2.33. The number of allylic oxidation sites excluding steroid dienone is 1. The highest BCUT2D eigenvalue weighted by molar-refractivity contribution is 4.97. The average Bonchev–Trinajstić information content (AvgIpc) is 2.07. The Bertz CT molecular complexity index is 185. The number of fused-ring (bicyclic) bond motifs is 1. The van der Waals surface area contributed by atoms with Gasteiger partial charge in [0.1, 0.15) is 6.10 Å². The summed E-state index contributed by atoms with van der Waals surface area (Å²) in [5.41, 5.74) is 0. The van der Waals surface area contributed by atoms with E-state index in [1.54, 1.807) is 0 Å². The molecule has 68 valence electrons. The summed E-state index contributed by atoms with van der Waals surface area (Å²) < 4.78 is 5.81. The average molecular weight is 166 g/mol. The molecule has 3 atom stereocenters. The topological polar surface area (TPSA) is 9.23 Å². The van der Waals surface area contributed by atoms with E-state index in [1.165, 1.54) is 32.1 Å². The van der Waals surface area contributed by atoms with Crippen LogP contribution in [0.5, 0.6) is 0 Å². The zero-order chi connectivity index (χ0) is 8.55. The van der Waals surface area contributed by atoms with Crippen LogP contribution in [-0.4, -0.2) is 6.10 Å². The van der Waals surface area contributed by atoms with Gasteiger partial charge in [-0.1, -0.05) is 19.9 Å². The van der Waals surface area contributed by atoms with E-state index < -0.39 is 0 Å². The number of hydrogen-bond acceptors (Lipinski definition) is 1. The smallest absolute Gasteiger partial charge is 0.101 e. The highest BCUT2D eigenvalue weighted by atomic mass is 16.5. The Hall–Kier alpha value is -0.460. The molecular weight excluding hydrogens is 148 g/mol. The molecule has 1 aliphatic heterocycles. The van der Waals surface area contributed by atoms with Gasteiger partial charge in [-0.3, -0.25) is 0 Å². The molecule has 0 radical (unpaired) electrons. The van der Waals surface area contributed by atoms with Gasteiger partial charge in [-0.15, -0.1) is 0 Å². The third-order valence-electron chi connectivity index (χ3n) is 3.35. The molecule has 0 aromatic carbocycles. The van der Waals surface area contributed by atoms with Crippen molar-refractivity contribution >= 4 is 0 Å².